The summed E-state index contributed by atoms with van der Waals surface area (Å²) in [5.41, 5.74) is 3.50. The van der Waals surface area contributed by atoms with Crippen molar-refractivity contribution in [2.75, 3.05) is 6.54 Å². The van der Waals surface area contributed by atoms with E-state index in [1.165, 1.54) is 11.4 Å². The molecule has 2 heterocycles. The zero-order valence-electron chi connectivity index (χ0n) is 12.9. The summed E-state index contributed by atoms with van der Waals surface area (Å²) in [7, 11) is 0. The number of thiazole rings is 1. The lowest BCUT2D eigenvalue weighted by Gasteiger charge is -2.11. The van der Waals surface area contributed by atoms with Crippen LogP contribution in [0.5, 0.6) is 0 Å². The first-order chi connectivity index (χ1) is 10.7. The van der Waals surface area contributed by atoms with Gasteiger partial charge in [-0.05, 0) is 26.0 Å². The Morgan fingerprint density at radius 1 is 1.18 bits per heavy atom. The van der Waals surface area contributed by atoms with Crippen LogP contribution in [0.4, 0.5) is 0 Å². The first-order valence-corrected chi connectivity index (χ1v) is 8.32. The molecule has 3 rings (SSSR count). The molecule has 0 bridgehead atoms. The molecule has 0 aliphatic heterocycles. The molecule has 5 heteroatoms. The summed E-state index contributed by atoms with van der Waals surface area (Å²) in [6, 6.07) is 10.4. The molecule has 1 N–H and O–H groups in total. The Balaban J connectivity index is 1.61. The van der Waals surface area contributed by atoms with Crippen LogP contribution in [0.15, 0.2) is 41.9 Å². The van der Waals surface area contributed by atoms with Crippen molar-refractivity contribution in [3.8, 4) is 5.69 Å². The number of hydrogen-bond donors (Lipinski definition) is 1. The van der Waals surface area contributed by atoms with Crippen molar-refractivity contribution in [3.63, 3.8) is 0 Å². The van der Waals surface area contributed by atoms with Crippen LogP contribution < -0.4 is 5.32 Å². The van der Waals surface area contributed by atoms with E-state index in [0.29, 0.717) is 0 Å². The third-order valence-corrected chi connectivity index (χ3v) is 4.38. The normalized spacial score (nSPS) is 11.0. The zero-order valence-corrected chi connectivity index (χ0v) is 13.7. The minimum Gasteiger partial charge on any atom is -0.311 e. The summed E-state index contributed by atoms with van der Waals surface area (Å²) in [5.74, 6) is 1.01. The molecule has 114 valence electrons. The largest absolute Gasteiger partial charge is 0.311 e. The molecule has 3 aromatic rings. The van der Waals surface area contributed by atoms with Crippen LogP contribution in [0.3, 0.4) is 0 Å². The maximum absolute atomic E-state index is 4.49. The first kappa shape index (κ1) is 14.9. The molecule has 0 saturated carbocycles. The van der Waals surface area contributed by atoms with Crippen molar-refractivity contribution >= 4 is 11.3 Å². The molecular formula is C17H20N4S. The number of aromatic nitrogens is 3. The van der Waals surface area contributed by atoms with E-state index in [1.54, 1.807) is 11.3 Å². The van der Waals surface area contributed by atoms with E-state index in [0.717, 1.165) is 36.0 Å². The van der Waals surface area contributed by atoms with Gasteiger partial charge in [0.1, 0.15) is 5.82 Å². The highest BCUT2D eigenvalue weighted by molar-refractivity contribution is 7.09. The fourth-order valence-electron chi connectivity index (χ4n) is 2.50. The summed E-state index contributed by atoms with van der Waals surface area (Å²) in [6.45, 7) is 5.80. The van der Waals surface area contributed by atoms with Gasteiger partial charge in [0.05, 0.1) is 22.6 Å². The van der Waals surface area contributed by atoms with Gasteiger partial charge in [0.25, 0.3) is 0 Å². The van der Waals surface area contributed by atoms with Gasteiger partial charge in [-0.25, -0.2) is 9.97 Å². The van der Waals surface area contributed by atoms with Gasteiger partial charge in [0, 0.05) is 30.6 Å². The van der Waals surface area contributed by atoms with Crippen LogP contribution in [0.25, 0.3) is 5.69 Å². The molecule has 0 spiro atoms. The third kappa shape index (κ3) is 3.43. The van der Waals surface area contributed by atoms with E-state index in [4.69, 9.17) is 0 Å². The van der Waals surface area contributed by atoms with Crippen molar-refractivity contribution in [2.24, 2.45) is 0 Å². The molecule has 22 heavy (non-hydrogen) atoms. The van der Waals surface area contributed by atoms with Gasteiger partial charge in [0.15, 0.2) is 0 Å². The molecule has 2 aromatic heterocycles. The highest BCUT2D eigenvalue weighted by atomic mass is 32.1. The van der Waals surface area contributed by atoms with Gasteiger partial charge in [0.2, 0.25) is 0 Å². The Morgan fingerprint density at radius 3 is 2.73 bits per heavy atom. The van der Waals surface area contributed by atoms with Gasteiger partial charge in [-0.3, -0.25) is 4.57 Å². The van der Waals surface area contributed by atoms with E-state index in [-0.39, 0.29) is 0 Å². The van der Waals surface area contributed by atoms with Gasteiger partial charge >= 0.3 is 0 Å². The highest BCUT2D eigenvalue weighted by Gasteiger charge is 2.08. The quantitative estimate of drug-likeness (QED) is 0.710. The zero-order chi connectivity index (χ0) is 15.4. The molecule has 0 atom stereocenters. The van der Waals surface area contributed by atoms with Crippen molar-refractivity contribution in [1.82, 2.24) is 19.9 Å². The van der Waals surface area contributed by atoms with Crippen LogP contribution >= 0.6 is 11.3 Å². The molecule has 0 radical (unpaired) electrons. The Kier molecular flexibility index (Phi) is 4.65. The molecule has 0 aliphatic carbocycles. The van der Waals surface area contributed by atoms with Gasteiger partial charge in [-0.2, -0.15) is 0 Å². The minimum absolute atomic E-state index is 0.804. The van der Waals surface area contributed by atoms with E-state index >= 15 is 0 Å². The molecular weight excluding hydrogens is 292 g/mol. The molecule has 0 amide bonds. The number of imidazole rings is 1. The molecule has 4 nitrogen and oxygen atoms in total. The van der Waals surface area contributed by atoms with E-state index in [9.17, 15) is 0 Å². The van der Waals surface area contributed by atoms with Crippen LogP contribution in [0.1, 0.15) is 22.2 Å². The minimum atomic E-state index is 0.804. The van der Waals surface area contributed by atoms with E-state index in [1.807, 2.05) is 26.1 Å². The van der Waals surface area contributed by atoms with Crippen molar-refractivity contribution in [1.29, 1.82) is 0 Å². The lowest BCUT2D eigenvalue weighted by atomic mass is 10.3. The molecule has 0 fully saturated rings. The topological polar surface area (TPSA) is 42.7 Å². The Hall–Kier alpha value is -1.98. The standard InChI is InChI=1S/C17H20N4S/c1-13-19-11-17(21(13)16-6-4-3-5-7-16)10-18-9-8-15-12-22-14(2)20-15/h3-7,11-12,18H,8-10H2,1-2H3. The number of nitrogens with one attached hydrogen (secondary N) is 1. The summed E-state index contributed by atoms with van der Waals surface area (Å²) < 4.78 is 2.19. The average Bonchev–Trinajstić information content (AvgIpc) is 3.10. The monoisotopic (exact) mass is 312 g/mol. The van der Waals surface area contributed by atoms with E-state index < -0.39 is 0 Å². The highest BCUT2D eigenvalue weighted by Crippen LogP contribution is 2.14. The lowest BCUT2D eigenvalue weighted by Crippen LogP contribution is -2.19. The average molecular weight is 312 g/mol. The van der Waals surface area contributed by atoms with Crippen LogP contribution in [-0.2, 0) is 13.0 Å². The maximum Gasteiger partial charge on any atom is 0.110 e. The predicted octanol–water partition coefficient (Wildman–Crippen LogP) is 3.28. The number of rotatable bonds is 6. The second-order valence-corrected chi connectivity index (χ2v) is 6.31. The number of aryl methyl sites for hydroxylation is 2. The number of hydrogen-bond acceptors (Lipinski definition) is 4. The Bertz CT molecular complexity index is 730. The molecule has 1 aromatic carbocycles. The molecule has 0 aliphatic rings. The maximum atomic E-state index is 4.49. The smallest absolute Gasteiger partial charge is 0.110 e. The second-order valence-electron chi connectivity index (χ2n) is 5.25. The lowest BCUT2D eigenvalue weighted by molar-refractivity contribution is 0.659. The number of nitrogens with zero attached hydrogens (tertiary/aromatic N) is 3. The Morgan fingerprint density at radius 2 is 2.00 bits per heavy atom. The van der Waals surface area contributed by atoms with Gasteiger partial charge in [-0.15, -0.1) is 11.3 Å². The predicted molar refractivity (Wildman–Crippen MR) is 90.6 cm³/mol. The number of para-hydroxylation sites is 1. The molecule has 0 saturated heterocycles. The summed E-state index contributed by atoms with van der Waals surface area (Å²) in [5, 5.41) is 6.75. The molecule has 0 unspecified atom stereocenters. The van der Waals surface area contributed by atoms with Crippen LogP contribution in [0, 0.1) is 13.8 Å². The second kappa shape index (κ2) is 6.85. The fourth-order valence-corrected chi connectivity index (χ4v) is 3.15. The number of benzene rings is 1. The third-order valence-electron chi connectivity index (χ3n) is 3.56. The van der Waals surface area contributed by atoms with Crippen molar-refractivity contribution < 1.29 is 0 Å². The first-order valence-electron chi connectivity index (χ1n) is 7.44. The Labute approximate surface area is 134 Å². The fraction of sp³-hybridized carbons (Fsp3) is 0.294. The summed E-state index contributed by atoms with van der Waals surface area (Å²) in [4.78, 5) is 8.93. The SMILES string of the molecule is Cc1nc(CCNCc2cnc(C)n2-c2ccccc2)cs1. The van der Waals surface area contributed by atoms with E-state index in [2.05, 4.69) is 49.5 Å². The van der Waals surface area contributed by atoms with Gasteiger partial charge in [-0.1, -0.05) is 18.2 Å². The van der Waals surface area contributed by atoms with Crippen molar-refractivity contribution in [3.05, 3.63) is 64.1 Å². The summed E-state index contributed by atoms with van der Waals surface area (Å²) >= 11 is 1.71. The summed E-state index contributed by atoms with van der Waals surface area (Å²) in [6.07, 6.45) is 2.91. The van der Waals surface area contributed by atoms with Gasteiger partial charge < -0.3 is 5.32 Å². The van der Waals surface area contributed by atoms with Crippen LogP contribution in [0.2, 0.25) is 0 Å². The van der Waals surface area contributed by atoms with Crippen LogP contribution in [-0.4, -0.2) is 21.1 Å². The van der Waals surface area contributed by atoms with Crippen molar-refractivity contribution in [2.45, 2.75) is 26.8 Å².